The number of benzene rings is 1. The first-order valence-corrected chi connectivity index (χ1v) is 7.15. The molecule has 1 aromatic carbocycles. The molecule has 2 N–H and O–H groups in total. The van der Waals surface area contributed by atoms with Crippen molar-refractivity contribution >= 4 is 11.6 Å². The Morgan fingerprint density at radius 3 is 2.67 bits per heavy atom. The molecular formula is C15H22F2N2O2. The van der Waals surface area contributed by atoms with Crippen LogP contribution in [0.15, 0.2) is 18.2 Å². The van der Waals surface area contributed by atoms with E-state index < -0.39 is 17.5 Å². The average Bonchev–Trinajstić information content (AvgIpc) is 2.45. The Labute approximate surface area is 123 Å². The zero-order chi connectivity index (χ0) is 15.7. The van der Waals surface area contributed by atoms with Crippen LogP contribution in [0.1, 0.15) is 26.2 Å². The number of hydrogen-bond donors (Lipinski definition) is 2. The van der Waals surface area contributed by atoms with Gasteiger partial charge in [0.25, 0.3) is 0 Å². The van der Waals surface area contributed by atoms with Crippen LogP contribution in [0.25, 0.3) is 0 Å². The molecule has 0 aliphatic rings. The summed E-state index contributed by atoms with van der Waals surface area (Å²) in [6.45, 7) is 3.52. The number of amides is 1. The van der Waals surface area contributed by atoms with Gasteiger partial charge in [-0.25, -0.2) is 8.78 Å². The highest BCUT2D eigenvalue weighted by Gasteiger charge is 2.12. The van der Waals surface area contributed by atoms with E-state index >= 15 is 0 Å². The summed E-state index contributed by atoms with van der Waals surface area (Å²) in [7, 11) is 0. The Hall–Kier alpha value is -1.53. The summed E-state index contributed by atoms with van der Waals surface area (Å²) in [5, 5.41) is 11.2. The van der Waals surface area contributed by atoms with Crippen LogP contribution in [0, 0.1) is 11.6 Å². The quantitative estimate of drug-likeness (QED) is 0.736. The molecule has 118 valence electrons. The van der Waals surface area contributed by atoms with Crippen molar-refractivity contribution in [1.82, 2.24) is 4.90 Å². The van der Waals surface area contributed by atoms with E-state index in [2.05, 4.69) is 5.32 Å². The fraction of sp³-hybridized carbons (Fsp3) is 0.533. The van der Waals surface area contributed by atoms with Crippen LogP contribution >= 0.6 is 0 Å². The van der Waals surface area contributed by atoms with E-state index in [1.807, 2.05) is 11.8 Å². The number of halogens is 2. The van der Waals surface area contributed by atoms with Crippen molar-refractivity contribution in [2.75, 3.05) is 31.6 Å². The average molecular weight is 300 g/mol. The van der Waals surface area contributed by atoms with Gasteiger partial charge in [-0.2, -0.15) is 0 Å². The van der Waals surface area contributed by atoms with Crippen molar-refractivity contribution in [2.24, 2.45) is 0 Å². The summed E-state index contributed by atoms with van der Waals surface area (Å²) in [4.78, 5) is 13.8. The van der Waals surface area contributed by atoms with E-state index in [4.69, 9.17) is 5.11 Å². The first-order chi connectivity index (χ1) is 10.1. The number of nitrogens with zero attached hydrogens (tertiary/aromatic N) is 1. The monoisotopic (exact) mass is 300 g/mol. The van der Waals surface area contributed by atoms with Crippen LogP contribution in [0.4, 0.5) is 14.5 Å². The second-order valence-corrected chi connectivity index (χ2v) is 4.88. The van der Waals surface area contributed by atoms with E-state index in [1.165, 1.54) is 0 Å². The fourth-order valence-electron chi connectivity index (χ4n) is 1.93. The molecule has 1 amide bonds. The Morgan fingerprint density at radius 2 is 2.00 bits per heavy atom. The fourth-order valence-corrected chi connectivity index (χ4v) is 1.93. The maximum absolute atomic E-state index is 13.4. The highest BCUT2D eigenvalue weighted by atomic mass is 19.1. The van der Waals surface area contributed by atoms with Gasteiger partial charge in [-0.3, -0.25) is 9.69 Å². The lowest BCUT2D eigenvalue weighted by atomic mass is 10.2. The number of carbonyl (C=O) groups is 1. The molecule has 0 unspecified atom stereocenters. The molecule has 0 radical (unpaired) electrons. The molecule has 1 aromatic rings. The van der Waals surface area contributed by atoms with Gasteiger partial charge in [0.15, 0.2) is 0 Å². The zero-order valence-corrected chi connectivity index (χ0v) is 12.2. The van der Waals surface area contributed by atoms with Gasteiger partial charge in [0.2, 0.25) is 5.91 Å². The summed E-state index contributed by atoms with van der Waals surface area (Å²) < 4.78 is 26.5. The normalized spacial score (nSPS) is 10.9. The maximum atomic E-state index is 13.4. The molecule has 0 heterocycles. The van der Waals surface area contributed by atoms with Crippen molar-refractivity contribution in [3.05, 3.63) is 29.8 Å². The van der Waals surface area contributed by atoms with Crippen molar-refractivity contribution in [1.29, 1.82) is 0 Å². The minimum absolute atomic E-state index is 0.0583. The topological polar surface area (TPSA) is 52.6 Å². The first kappa shape index (κ1) is 17.5. The molecule has 0 aliphatic heterocycles. The predicted octanol–water partition coefficient (Wildman–Crippen LogP) is 2.39. The lowest BCUT2D eigenvalue weighted by Crippen LogP contribution is -2.35. The largest absolute Gasteiger partial charge is 0.396 e. The molecule has 0 aromatic heterocycles. The van der Waals surface area contributed by atoms with E-state index in [-0.39, 0.29) is 18.8 Å². The number of nitrogens with one attached hydrogen (secondary N) is 1. The number of aliphatic hydroxyl groups excluding tert-OH is 1. The lowest BCUT2D eigenvalue weighted by Gasteiger charge is -2.21. The van der Waals surface area contributed by atoms with E-state index in [0.717, 1.165) is 37.6 Å². The van der Waals surface area contributed by atoms with Gasteiger partial charge in [-0.05, 0) is 31.5 Å². The molecule has 0 fully saturated rings. The van der Waals surface area contributed by atoms with Gasteiger partial charge in [-0.15, -0.1) is 0 Å². The summed E-state index contributed by atoms with van der Waals surface area (Å²) in [5.41, 5.74) is -0.155. The van der Waals surface area contributed by atoms with Crippen LogP contribution in [-0.4, -0.2) is 42.2 Å². The molecule has 0 saturated heterocycles. The molecular weight excluding hydrogens is 278 g/mol. The van der Waals surface area contributed by atoms with Crippen LogP contribution in [0.2, 0.25) is 0 Å². The van der Waals surface area contributed by atoms with Gasteiger partial charge in [0.05, 0.1) is 12.2 Å². The minimum Gasteiger partial charge on any atom is -0.396 e. The molecule has 6 heteroatoms. The number of aliphatic hydroxyl groups is 1. The first-order valence-electron chi connectivity index (χ1n) is 7.15. The van der Waals surface area contributed by atoms with Gasteiger partial charge >= 0.3 is 0 Å². The van der Waals surface area contributed by atoms with Gasteiger partial charge < -0.3 is 10.4 Å². The highest BCUT2D eigenvalue weighted by molar-refractivity contribution is 5.92. The van der Waals surface area contributed by atoms with E-state index in [0.29, 0.717) is 13.0 Å². The summed E-state index contributed by atoms with van der Waals surface area (Å²) in [6.07, 6.45) is 2.51. The molecule has 0 bridgehead atoms. The molecule has 0 saturated carbocycles. The smallest absolute Gasteiger partial charge is 0.238 e. The third-order valence-electron chi connectivity index (χ3n) is 3.03. The lowest BCUT2D eigenvalue weighted by molar-refractivity contribution is -0.117. The van der Waals surface area contributed by atoms with Crippen LogP contribution in [-0.2, 0) is 4.79 Å². The highest BCUT2D eigenvalue weighted by Crippen LogP contribution is 2.15. The number of rotatable bonds is 9. The van der Waals surface area contributed by atoms with E-state index in [1.54, 1.807) is 0 Å². The SMILES string of the molecule is CCCCN(CCCO)CC(=O)Nc1cc(F)ccc1F. The van der Waals surface area contributed by atoms with Crippen LogP contribution < -0.4 is 5.32 Å². The Kier molecular flexibility index (Phi) is 7.85. The molecule has 21 heavy (non-hydrogen) atoms. The molecule has 0 atom stereocenters. The predicted molar refractivity (Wildman–Crippen MR) is 78.0 cm³/mol. The molecule has 0 aliphatic carbocycles. The third kappa shape index (κ3) is 6.64. The maximum Gasteiger partial charge on any atom is 0.238 e. The van der Waals surface area contributed by atoms with Crippen molar-refractivity contribution in [3.8, 4) is 0 Å². The van der Waals surface area contributed by atoms with Crippen LogP contribution in [0.3, 0.4) is 0 Å². The Morgan fingerprint density at radius 1 is 1.29 bits per heavy atom. The van der Waals surface area contributed by atoms with Crippen LogP contribution in [0.5, 0.6) is 0 Å². The number of unbranched alkanes of at least 4 members (excludes halogenated alkanes) is 1. The number of anilines is 1. The number of hydrogen-bond acceptors (Lipinski definition) is 3. The minimum atomic E-state index is -0.666. The van der Waals surface area contributed by atoms with Crippen molar-refractivity contribution in [3.63, 3.8) is 0 Å². The summed E-state index contributed by atoms with van der Waals surface area (Å²) in [6, 6.07) is 2.93. The second-order valence-electron chi connectivity index (χ2n) is 4.88. The van der Waals surface area contributed by atoms with Gasteiger partial charge in [0, 0.05) is 19.2 Å². The Bertz CT molecular complexity index is 447. The molecule has 0 spiro atoms. The number of carbonyl (C=O) groups excluding carboxylic acids is 1. The van der Waals surface area contributed by atoms with Gasteiger partial charge in [0.1, 0.15) is 11.6 Å². The van der Waals surface area contributed by atoms with Crippen molar-refractivity contribution in [2.45, 2.75) is 26.2 Å². The summed E-state index contributed by atoms with van der Waals surface area (Å²) in [5.74, 6) is -1.66. The summed E-state index contributed by atoms with van der Waals surface area (Å²) >= 11 is 0. The standard InChI is InChI=1S/C15H22F2N2O2/c1-2-3-7-19(8-4-9-20)11-15(21)18-14-10-12(16)5-6-13(14)17/h5-6,10,20H,2-4,7-9,11H2,1H3,(H,18,21). The van der Waals surface area contributed by atoms with Gasteiger partial charge in [-0.1, -0.05) is 13.3 Å². The third-order valence-corrected chi connectivity index (χ3v) is 3.03. The van der Waals surface area contributed by atoms with E-state index in [9.17, 15) is 13.6 Å². The molecule has 4 nitrogen and oxygen atoms in total. The molecule has 1 rings (SSSR count). The zero-order valence-electron chi connectivity index (χ0n) is 12.2. The Balaban J connectivity index is 2.57. The van der Waals surface area contributed by atoms with Crippen molar-refractivity contribution < 1.29 is 18.7 Å². The second kappa shape index (κ2) is 9.41.